The van der Waals surface area contributed by atoms with Crippen molar-refractivity contribution in [1.29, 1.82) is 0 Å². The maximum absolute atomic E-state index is 13.4. The van der Waals surface area contributed by atoms with E-state index >= 15 is 0 Å². The Kier molecular flexibility index (Phi) is 4.56. The normalized spacial score (nSPS) is 17.8. The average Bonchev–Trinajstić information content (AvgIpc) is 2.06. The highest BCUT2D eigenvalue weighted by Gasteiger charge is 2.27. The van der Waals surface area contributed by atoms with E-state index < -0.39 is 0 Å². The van der Waals surface area contributed by atoms with Gasteiger partial charge in [0.05, 0.1) is 0 Å². The Hall–Kier alpha value is -0.120. The molecule has 84 valence electrons. The summed E-state index contributed by atoms with van der Waals surface area (Å²) in [4.78, 5) is 0. The molecule has 2 rings (SSSR count). The number of rotatable bonds is 2. The van der Waals surface area contributed by atoms with Gasteiger partial charge in [0.25, 0.3) is 0 Å². The van der Waals surface area contributed by atoms with Gasteiger partial charge in [-0.25, -0.2) is 4.39 Å². The molecule has 0 heterocycles. The van der Waals surface area contributed by atoms with Gasteiger partial charge in [-0.2, -0.15) is 0 Å². The van der Waals surface area contributed by atoms with E-state index in [4.69, 9.17) is 5.73 Å². The molecule has 0 amide bonds. The maximum Gasteiger partial charge on any atom is 0.128 e. The predicted octanol–water partition coefficient (Wildman–Crippen LogP) is 3.81. The van der Waals surface area contributed by atoms with E-state index in [9.17, 15) is 4.39 Å². The lowest BCUT2D eigenvalue weighted by Gasteiger charge is -2.31. The van der Waals surface area contributed by atoms with Crippen LogP contribution in [0.1, 0.15) is 30.9 Å². The van der Waals surface area contributed by atoms with Gasteiger partial charge < -0.3 is 5.73 Å². The molecule has 2 N–H and O–H groups in total. The summed E-state index contributed by atoms with van der Waals surface area (Å²) in [6.07, 6.45) is 3.49. The van der Waals surface area contributed by atoms with Crippen LogP contribution in [0.5, 0.6) is 0 Å². The highest BCUT2D eigenvalue weighted by Crippen LogP contribution is 2.37. The van der Waals surface area contributed by atoms with Gasteiger partial charge in [0.2, 0.25) is 0 Å². The molecule has 0 unspecified atom stereocenters. The minimum atomic E-state index is -0.187. The summed E-state index contributed by atoms with van der Waals surface area (Å²) in [6, 6.07) is 4.82. The molecule has 0 bridgehead atoms. The Morgan fingerprint density at radius 1 is 1.40 bits per heavy atom. The molecule has 1 aliphatic carbocycles. The van der Waals surface area contributed by atoms with Crippen molar-refractivity contribution in [2.75, 3.05) is 0 Å². The van der Waals surface area contributed by atoms with E-state index in [1.165, 1.54) is 12.5 Å². The predicted molar refractivity (Wildman–Crippen MR) is 65.6 cm³/mol. The Bertz CT molecular complexity index is 341. The summed E-state index contributed by atoms with van der Waals surface area (Å²) >= 11 is 3.33. The number of nitrogens with two attached hydrogens (primary N) is 1. The van der Waals surface area contributed by atoms with Crippen LogP contribution in [0.4, 0.5) is 4.39 Å². The fourth-order valence-electron chi connectivity index (χ4n) is 1.82. The van der Waals surface area contributed by atoms with Gasteiger partial charge in [0.15, 0.2) is 0 Å². The molecule has 1 atom stereocenters. The Morgan fingerprint density at radius 2 is 2.07 bits per heavy atom. The molecule has 1 aromatic rings. The molecule has 1 aliphatic rings. The van der Waals surface area contributed by atoms with E-state index in [2.05, 4.69) is 15.9 Å². The van der Waals surface area contributed by atoms with Crippen molar-refractivity contribution in [3.8, 4) is 0 Å². The molecule has 1 aromatic carbocycles. The fraction of sp³-hybridized carbons (Fsp3) is 0.455. The first-order valence-corrected chi connectivity index (χ1v) is 5.68. The Morgan fingerprint density at radius 3 is 2.60 bits per heavy atom. The first-order chi connectivity index (χ1) is 6.68. The first kappa shape index (κ1) is 12.9. The summed E-state index contributed by atoms with van der Waals surface area (Å²) in [5.41, 5.74) is 6.65. The zero-order chi connectivity index (χ0) is 10.1. The van der Waals surface area contributed by atoms with Gasteiger partial charge in [0.1, 0.15) is 5.82 Å². The average molecular weight is 295 g/mol. The molecule has 0 radical (unpaired) electrons. The zero-order valence-corrected chi connectivity index (χ0v) is 10.7. The number of hydrogen-bond acceptors (Lipinski definition) is 1. The topological polar surface area (TPSA) is 26.0 Å². The quantitative estimate of drug-likeness (QED) is 0.882. The second-order valence-corrected chi connectivity index (χ2v) is 4.80. The van der Waals surface area contributed by atoms with Crippen LogP contribution in [0.3, 0.4) is 0 Å². The molecular formula is C11H14BrClFN. The minimum absolute atomic E-state index is 0. The lowest BCUT2D eigenvalue weighted by atomic mass is 9.77. The van der Waals surface area contributed by atoms with Gasteiger partial charge in [-0.1, -0.05) is 22.4 Å². The maximum atomic E-state index is 13.4. The van der Waals surface area contributed by atoms with Crippen LogP contribution in [0, 0.1) is 11.7 Å². The molecule has 1 nitrogen and oxygen atoms in total. The SMILES string of the molecule is Cl.N[C@H](c1cc(Br)ccc1F)C1CCC1. The van der Waals surface area contributed by atoms with Crippen molar-refractivity contribution in [1.82, 2.24) is 0 Å². The molecular weight excluding hydrogens is 280 g/mol. The molecule has 0 spiro atoms. The van der Waals surface area contributed by atoms with Gasteiger partial charge in [-0.15, -0.1) is 12.4 Å². The van der Waals surface area contributed by atoms with Crippen molar-refractivity contribution in [3.63, 3.8) is 0 Å². The lowest BCUT2D eigenvalue weighted by molar-refractivity contribution is 0.260. The fourth-order valence-corrected chi connectivity index (χ4v) is 2.20. The summed E-state index contributed by atoms with van der Waals surface area (Å²) in [7, 11) is 0. The molecule has 1 saturated carbocycles. The Balaban J connectivity index is 0.00000112. The van der Waals surface area contributed by atoms with Crippen molar-refractivity contribution >= 4 is 28.3 Å². The smallest absolute Gasteiger partial charge is 0.128 e. The number of halogens is 3. The highest BCUT2D eigenvalue weighted by molar-refractivity contribution is 9.10. The van der Waals surface area contributed by atoms with Crippen molar-refractivity contribution in [2.24, 2.45) is 11.7 Å². The second-order valence-electron chi connectivity index (χ2n) is 3.88. The number of hydrogen-bond donors (Lipinski definition) is 1. The summed E-state index contributed by atoms with van der Waals surface area (Å²) in [5, 5.41) is 0. The van der Waals surface area contributed by atoms with Crippen LogP contribution >= 0.6 is 28.3 Å². The molecule has 0 aliphatic heterocycles. The van der Waals surface area contributed by atoms with Crippen molar-refractivity contribution in [2.45, 2.75) is 25.3 Å². The second kappa shape index (κ2) is 5.28. The third-order valence-corrected chi connectivity index (χ3v) is 3.47. The van der Waals surface area contributed by atoms with E-state index in [1.54, 1.807) is 12.1 Å². The largest absolute Gasteiger partial charge is 0.324 e. The third kappa shape index (κ3) is 2.71. The van der Waals surface area contributed by atoms with Gasteiger partial charge >= 0.3 is 0 Å². The van der Waals surface area contributed by atoms with Gasteiger partial charge in [-0.05, 0) is 37.0 Å². The van der Waals surface area contributed by atoms with Crippen LogP contribution in [0.25, 0.3) is 0 Å². The minimum Gasteiger partial charge on any atom is -0.324 e. The standard InChI is InChI=1S/C11H13BrFN.ClH/c12-8-4-5-10(13)9(6-8)11(14)7-2-1-3-7;/h4-7,11H,1-3,14H2;1H/t11-;/m0./s1. The molecule has 15 heavy (non-hydrogen) atoms. The van der Waals surface area contributed by atoms with Gasteiger partial charge in [-0.3, -0.25) is 0 Å². The van der Waals surface area contributed by atoms with Crippen LogP contribution < -0.4 is 5.73 Å². The van der Waals surface area contributed by atoms with Crippen LogP contribution in [-0.4, -0.2) is 0 Å². The number of benzene rings is 1. The summed E-state index contributed by atoms with van der Waals surface area (Å²) < 4.78 is 14.3. The first-order valence-electron chi connectivity index (χ1n) is 4.89. The summed E-state index contributed by atoms with van der Waals surface area (Å²) in [5.74, 6) is 0.284. The Labute approximate surface area is 104 Å². The van der Waals surface area contributed by atoms with E-state index in [0.717, 1.165) is 17.3 Å². The van der Waals surface area contributed by atoms with Crippen molar-refractivity contribution < 1.29 is 4.39 Å². The molecule has 0 aromatic heterocycles. The van der Waals surface area contributed by atoms with E-state index in [0.29, 0.717) is 11.5 Å². The van der Waals surface area contributed by atoms with Crippen molar-refractivity contribution in [3.05, 3.63) is 34.1 Å². The molecule has 0 saturated heterocycles. The monoisotopic (exact) mass is 293 g/mol. The zero-order valence-electron chi connectivity index (χ0n) is 8.25. The lowest BCUT2D eigenvalue weighted by Crippen LogP contribution is -2.27. The van der Waals surface area contributed by atoms with Gasteiger partial charge in [0, 0.05) is 16.1 Å². The van der Waals surface area contributed by atoms with Crippen LogP contribution in [0.2, 0.25) is 0 Å². The van der Waals surface area contributed by atoms with Crippen LogP contribution in [-0.2, 0) is 0 Å². The molecule has 1 fully saturated rings. The third-order valence-electron chi connectivity index (χ3n) is 2.97. The van der Waals surface area contributed by atoms with E-state index in [-0.39, 0.29) is 24.3 Å². The molecule has 4 heteroatoms. The highest BCUT2D eigenvalue weighted by atomic mass is 79.9. The summed E-state index contributed by atoms with van der Waals surface area (Å²) in [6.45, 7) is 0. The van der Waals surface area contributed by atoms with Crippen LogP contribution in [0.15, 0.2) is 22.7 Å². The van der Waals surface area contributed by atoms with E-state index in [1.807, 2.05) is 0 Å².